The number of aryl methyl sites for hydroxylation is 2. The zero-order valence-electron chi connectivity index (χ0n) is 15.3. The fraction of sp³-hybridized carbons (Fsp3) is 0.250. The molecule has 3 rings (SSSR count). The van der Waals surface area contributed by atoms with Crippen molar-refractivity contribution in [3.05, 3.63) is 58.8 Å². The Morgan fingerprint density at radius 2 is 1.74 bits per heavy atom. The number of fused-ring (bicyclic) bond motifs is 1. The first-order valence-corrected chi connectivity index (χ1v) is 8.57. The quantitative estimate of drug-likeness (QED) is 0.714. The molecular formula is C20H19F2N3O2. The van der Waals surface area contributed by atoms with Crippen LogP contribution in [0.1, 0.15) is 35.0 Å². The number of aromatic nitrogens is 2. The molecule has 27 heavy (non-hydrogen) atoms. The molecule has 0 bridgehead atoms. The molecule has 1 N–H and O–H groups in total. The van der Waals surface area contributed by atoms with Gasteiger partial charge in [-0.05, 0) is 55.7 Å². The SMILES string of the molecule is CCCOc1nc2cc(C)c(C)cc2nc1C(=O)Nc1ccc(F)cc1F. The van der Waals surface area contributed by atoms with Crippen molar-refractivity contribution in [1.82, 2.24) is 9.97 Å². The molecular weight excluding hydrogens is 352 g/mol. The summed E-state index contributed by atoms with van der Waals surface area (Å²) in [5, 5.41) is 2.40. The van der Waals surface area contributed by atoms with E-state index in [4.69, 9.17) is 4.74 Å². The zero-order chi connectivity index (χ0) is 19.6. The minimum atomic E-state index is -0.875. The second kappa shape index (κ2) is 7.65. The van der Waals surface area contributed by atoms with Gasteiger partial charge in [0.25, 0.3) is 5.91 Å². The van der Waals surface area contributed by atoms with Gasteiger partial charge >= 0.3 is 0 Å². The fourth-order valence-corrected chi connectivity index (χ4v) is 2.52. The highest BCUT2D eigenvalue weighted by atomic mass is 19.1. The average Bonchev–Trinajstić information content (AvgIpc) is 2.62. The van der Waals surface area contributed by atoms with Gasteiger partial charge in [-0.25, -0.2) is 18.7 Å². The lowest BCUT2D eigenvalue weighted by Gasteiger charge is -2.12. The largest absolute Gasteiger partial charge is 0.476 e. The van der Waals surface area contributed by atoms with Gasteiger partial charge in [-0.1, -0.05) is 6.92 Å². The average molecular weight is 371 g/mol. The summed E-state index contributed by atoms with van der Waals surface area (Å²) in [6.07, 6.45) is 0.723. The molecule has 0 fully saturated rings. The van der Waals surface area contributed by atoms with Crippen molar-refractivity contribution in [2.24, 2.45) is 0 Å². The highest BCUT2D eigenvalue weighted by molar-refractivity contribution is 6.05. The molecule has 0 spiro atoms. The van der Waals surface area contributed by atoms with Crippen molar-refractivity contribution in [3.8, 4) is 5.88 Å². The molecule has 0 atom stereocenters. The second-order valence-corrected chi connectivity index (χ2v) is 6.23. The van der Waals surface area contributed by atoms with Gasteiger partial charge < -0.3 is 10.1 Å². The van der Waals surface area contributed by atoms with Crippen molar-refractivity contribution < 1.29 is 18.3 Å². The topological polar surface area (TPSA) is 64.1 Å². The Kier molecular flexibility index (Phi) is 5.30. The maximum absolute atomic E-state index is 13.9. The van der Waals surface area contributed by atoms with E-state index in [-0.39, 0.29) is 17.3 Å². The number of nitrogens with one attached hydrogen (secondary N) is 1. The first kappa shape index (κ1) is 18.7. The molecule has 1 amide bonds. The van der Waals surface area contributed by atoms with Gasteiger partial charge in [0.15, 0.2) is 5.69 Å². The van der Waals surface area contributed by atoms with Gasteiger partial charge in [-0.3, -0.25) is 4.79 Å². The van der Waals surface area contributed by atoms with Gasteiger partial charge in [0.1, 0.15) is 11.6 Å². The van der Waals surface area contributed by atoms with E-state index in [1.807, 2.05) is 32.9 Å². The van der Waals surface area contributed by atoms with Crippen LogP contribution in [-0.2, 0) is 0 Å². The highest BCUT2D eigenvalue weighted by Gasteiger charge is 2.20. The van der Waals surface area contributed by atoms with E-state index in [0.29, 0.717) is 23.7 Å². The predicted molar refractivity (Wildman–Crippen MR) is 99.1 cm³/mol. The Hall–Kier alpha value is -3.09. The van der Waals surface area contributed by atoms with Crippen LogP contribution in [0.2, 0.25) is 0 Å². The third-order valence-electron chi connectivity index (χ3n) is 4.09. The first-order chi connectivity index (χ1) is 12.9. The number of carbonyl (C=O) groups is 1. The van der Waals surface area contributed by atoms with E-state index in [1.54, 1.807) is 0 Å². The standard InChI is InChI=1S/C20H19F2N3O2/c1-4-7-27-20-18(19(26)24-15-6-5-13(21)10-14(15)22)23-16-8-11(2)12(3)9-17(16)25-20/h5-6,8-10H,4,7H2,1-3H3,(H,24,26). The Labute approximate surface area is 155 Å². The van der Waals surface area contributed by atoms with Crippen molar-refractivity contribution in [2.45, 2.75) is 27.2 Å². The smallest absolute Gasteiger partial charge is 0.280 e. The maximum Gasteiger partial charge on any atom is 0.280 e. The van der Waals surface area contributed by atoms with Gasteiger partial charge in [0, 0.05) is 6.07 Å². The minimum Gasteiger partial charge on any atom is -0.476 e. The van der Waals surface area contributed by atoms with Crippen LogP contribution >= 0.6 is 0 Å². The first-order valence-electron chi connectivity index (χ1n) is 8.57. The number of carbonyl (C=O) groups excluding carboxylic acids is 1. The number of anilines is 1. The van der Waals surface area contributed by atoms with Crippen LogP contribution in [0.15, 0.2) is 30.3 Å². The highest BCUT2D eigenvalue weighted by Crippen LogP contribution is 2.24. The molecule has 7 heteroatoms. The third kappa shape index (κ3) is 4.02. The molecule has 0 aliphatic heterocycles. The molecule has 0 saturated carbocycles. The maximum atomic E-state index is 13.9. The molecule has 0 unspecified atom stereocenters. The molecule has 1 heterocycles. The summed E-state index contributed by atoms with van der Waals surface area (Å²) in [7, 11) is 0. The van der Waals surface area contributed by atoms with Gasteiger partial charge in [0.05, 0.1) is 23.3 Å². The Morgan fingerprint density at radius 3 is 2.37 bits per heavy atom. The number of halogens is 2. The van der Waals surface area contributed by atoms with Crippen LogP contribution in [0.4, 0.5) is 14.5 Å². The zero-order valence-corrected chi connectivity index (χ0v) is 15.3. The van der Waals surface area contributed by atoms with E-state index in [0.717, 1.165) is 29.7 Å². The summed E-state index contributed by atoms with van der Waals surface area (Å²) in [4.78, 5) is 21.5. The lowest BCUT2D eigenvalue weighted by Crippen LogP contribution is -2.18. The predicted octanol–water partition coefficient (Wildman–Crippen LogP) is 4.57. The third-order valence-corrected chi connectivity index (χ3v) is 4.09. The number of nitrogens with zero attached hydrogens (tertiary/aromatic N) is 2. The Balaban J connectivity index is 2.03. The summed E-state index contributed by atoms with van der Waals surface area (Å²) >= 11 is 0. The van der Waals surface area contributed by atoms with Gasteiger partial charge in [-0.2, -0.15) is 0 Å². The summed E-state index contributed by atoms with van der Waals surface area (Å²) in [5.74, 6) is -2.21. The number of ether oxygens (including phenoxy) is 1. The van der Waals surface area contributed by atoms with Crippen LogP contribution in [0.5, 0.6) is 5.88 Å². The van der Waals surface area contributed by atoms with E-state index >= 15 is 0 Å². The molecule has 0 aliphatic carbocycles. The van der Waals surface area contributed by atoms with Crippen LogP contribution in [-0.4, -0.2) is 22.5 Å². The number of hydrogen-bond donors (Lipinski definition) is 1. The summed E-state index contributed by atoms with van der Waals surface area (Å²) in [6, 6.07) is 6.61. The van der Waals surface area contributed by atoms with Crippen molar-refractivity contribution in [2.75, 3.05) is 11.9 Å². The number of hydrogen-bond acceptors (Lipinski definition) is 4. The van der Waals surface area contributed by atoms with E-state index in [9.17, 15) is 13.6 Å². The molecule has 0 radical (unpaired) electrons. The number of amides is 1. The molecule has 2 aromatic carbocycles. The minimum absolute atomic E-state index is 0.0528. The number of benzene rings is 2. The van der Waals surface area contributed by atoms with Crippen LogP contribution in [0.3, 0.4) is 0 Å². The van der Waals surface area contributed by atoms with Crippen LogP contribution in [0, 0.1) is 25.5 Å². The summed E-state index contributed by atoms with van der Waals surface area (Å²) in [6.45, 7) is 6.18. The van der Waals surface area contributed by atoms with Crippen molar-refractivity contribution in [1.29, 1.82) is 0 Å². The molecule has 140 valence electrons. The van der Waals surface area contributed by atoms with Gasteiger partial charge in [-0.15, -0.1) is 0 Å². The molecule has 3 aromatic rings. The van der Waals surface area contributed by atoms with Crippen LogP contribution < -0.4 is 10.1 Å². The molecule has 0 saturated heterocycles. The normalized spacial score (nSPS) is 10.9. The number of rotatable bonds is 5. The Bertz CT molecular complexity index is 1020. The van der Waals surface area contributed by atoms with Gasteiger partial charge in [0.2, 0.25) is 5.88 Å². The van der Waals surface area contributed by atoms with Crippen molar-refractivity contribution >= 4 is 22.6 Å². The van der Waals surface area contributed by atoms with E-state index in [2.05, 4.69) is 15.3 Å². The van der Waals surface area contributed by atoms with E-state index < -0.39 is 17.5 Å². The monoisotopic (exact) mass is 371 g/mol. The van der Waals surface area contributed by atoms with Crippen molar-refractivity contribution in [3.63, 3.8) is 0 Å². The molecule has 5 nitrogen and oxygen atoms in total. The fourth-order valence-electron chi connectivity index (χ4n) is 2.52. The molecule has 1 aromatic heterocycles. The summed E-state index contributed by atoms with van der Waals surface area (Å²) < 4.78 is 32.5. The lowest BCUT2D eigenvalue weighted by molar-refractivity contribution is 0.101. The lowest BCUT2D eigenvalue weighted by atomic mass is 10.1. The van der Waals surface area contributed by atoms with Crippen LogP contribution in [0.25, 0.3) is 11.0 Å². The molecule has 0 aliphatic rings. The second-order valence-electron chi connectivity index (χ2n) is 6.23. The summed E-state index contributed by atoms with van der Waals surface area (Å²) in [5.41, 5.74) is 2.99. The van der Waals surface area contributed by atoms with E-state index in [1.165, 1.54) is 0 Å². The Morgan fingerprint density at radius 1 is 1.07 bits per heavy atom.